The molecule has 0 bridgehead atoms. The van der Waals surface area contributed by atoms with E-state index in [-0.39, 0.29) is 17.9 Å². The Morgan fingerprint density at radius 2 is 2.22 bits per heavy atom. The SMILES string of the molecule is N#CC(C#N)=CNc1ccc(OCCn2cc(Cl)cn2)c(F)c1. The quantitative estimate of drug-likeness (QED) is 0.822. The second-order valence-electron chi connectivity index (χ2n) is 4.34. The molecule has 0 aliphatic heterocycles. The minimum Gasteiger partial charge on any atom is -0.489 e. The smallest absolute Gasteiger partial charge is 0.167 e. The highest BCUT2D eigenvalue weighted by molar-refractivity contribution is 6.30. The van der Waals surface area contributed by atoms with Crippen LogP contribution in [0.4, 0.5) is 10.1 Å². The number of ether oxygens (including phenoxy) is 1. The van der Waals surface area contributed by atoms with Gasteiger partial charge < -0.3 is 10.1 Å². The highest BCUT2D eigenvalue weighted by atomic mass is 35.5. The van der Waals surface area contributed by atoms with E-state index in [0.717, 1.165) is 0 Å². The third kappa shape index (κ3) is 4.73. The van der Waals surface area contributed by atoms with Gasteiger partial charge in [0.25, 0.3) is 0 Å². The summed E-state index contributed by atoms with van der Waals surface area (Å²) < 4.78 is 20.8. The summed E-state index contributed by atoms with van der Waals surface area (Å²) >= 11 is 5.74. The van der Waals surface area contributed by atoms with E-state index in [1.165, 1.54) is 24.5 Å². The third-order valence-corrected chi connectivity index (χ3v) is 2.93. The van der Waals surface area contributed by atoms with Gasteiger partial charge in [0.15, 0.2) is 11.6 Å². The van der Waals surface area contributed by atoms with E-state index in [1.807, 2.05) is 0 Å². The van der Waals surface area contributed by atoms with Crippen LogP contribution in [0.2, 0.25) is 5.02 Å². The first kappa shape index (κ1) is 16.3. The van der Waals surface area contributed by atoms with Gasteiger partial charge in [0.2, 0.25) is 0 Å². The first-order valence-corrected chi connectivity index (χ1v) is 6.87. The van der Waals surface area contributed by atoms with Crippen molar-refractivity contribution in [2.45, 2.75) is 6.54 Å². The number of aromatic nitrogens is 2. The van der Waals surface area contributed by atoms with E-state index in [0.29, 0.717) is 17.3 Å². The predicted molar refractivity (Wildman–Crippen MR) is 82.1 cm³/mol. The molecule has 0 saturated carbocycles. The molecule has 0 aliphatic rings. The van der Waals surface area contributed by atoms with Gasteiger partial charge in [-0.3, -0.25) is 4.68 Å². The molecule has 0 atom stereocenters. The molecule has 0 unspecified atom stereocenters. The first-order chi connectivity index (χ1) is 11.1. The maximum Gasteiger partial charge on any atom is 0.167 e. The van der Waals surface area contributed by atoms with Gasteiger partial charge in [-0.15, -0.1) is 0 Å². The zero-order valence-corrected chi connectivity index (χ0v) is 12.6. The lowest BCUT2D eigenvalue weighted by molar-refractivity contribution is 0.278. The van der Waals surface area contributed by atoms with Gasteiger partial charge in [-0.1, -0.05) is 11.6 Å². The average Bonchev–Trinajstić information content (AvgIpc) is 2.96. The number of anilines is 1. The number of rotatable bonds is 6. The molecule has 0 aliphatic carbocycles. The summed E-state index contributed by atoms with van der Waals surface area (Å²) in [6.45, 7) is 0.664. The molecular weight excluding hydrogens is 321 g/mol. The van der Waals surface area contributed by atoms with Crippen molar-refractivity contribution < 1.29 is 9.13 Å². The van der Waals surface area contributed by atoms with Crippen LogP contribution in [0.1, 0.15) is 0 Å². The summed E-state index contributed by atoms with van der Waals surface area (Å²) in [5.74, 6) is -0.462. The Bertz CT molecular complexity index is 787. The van der Waals surface area contributed by atoms with Crippen molar-refractivity contribution >= 4 is 17.3 Å². The molecule has 0 amide bonds. The fourth-order valence-electron chi connectivity index (χ4n) is 1.66. The van der Waals surface area contributed by atoms with Gasteiger partial charge in [-0.2, -0.15) is 15.6 Å². The minimum absolute atomic E-state index is 0.0959. The van der Waals surface area contributed by atoms with Crippen LogP contribution in [-0.4, -0.2) is 16.4 Å². The van der Waals surface area contributed by atoms with Crippen LogP contribution in [0.15, 0.2) is 42.4 Å². The summed E-state index contributed by atoms with van der Waals surface area (Å²) in [6, 6.07) is 7.63. The van der Waals surface area contributed by atoms with E-state index in [9.17, 15) is 4.39 Å². The monoisotopic (exact) mass is 331 g/mol. The number of nitrogens with one attached hydrogen (secondary N) is 1. The fourth-order valence-corrected chi connectivity index (χ4v) is 1.82. The molecular formula is C15H11ClFN5O. The zero-order valence-electron chi connectivity index (χ0n) is 11.8. The van der Waals surface area contributed by atoms with Gasteiger partial charge in [0.1, 0.15) is 24.3 Å². The Kier molecular flexibility index (Phi) is 5.56. The minimum atomic E-state index is -0.558. The topological polar surface area (TPSA) is 86.7 Å². The summed E-state index contributed by atoms with van der Waals surface area (Å²) in [5, 5.41) is 24.4. The molecule has 1 heterocycles. The van der Waals surface area contributed by atoms with E-state index >= 15 is 0 Å². The number of benzene rings is 1. The van der Waals surface area contributed by atoms with Gasteiger partial charge in [-0.05, 0) is 12.1 Å². The van der Waals surface area contributed by atoms with Crippen molar-refractivity contribution in [2.24, 2.45) is 0 Å². The summed E-state index contributed by atoms with van der Waals surface area (Å²) in [6.07, 6.45) is 4.35. The van der Waals surface area contributed by atoms with E-state index < -0.39 is 5.82 Å². The number of nitriles is 2. The highest BCUT2D eigenvalue weighted by Crippen LogP contribution is 2.21. The lowest BCUT2D eigenvalue weighted by atomic mass is 10.3. The van der Waals surface area contributed by atoms with Crippen molar-refractivity contribution in [2.75, 3.05) is 11.9 Å². The van der Waals surface area contributed by atoms with Crippen molar-refractivity contribution in [3.63, 3.8) is 0 Å². The molecule has 0 radical (unpaired) electrons. The standard InChI is InChI=1S/C15H11ClFN5O/c16-12-9-21-22(10-12)3-4-23-15-2-1-13(5-14(15)17)20-8-11(6-18)7-19/h1-2,5,8-10,20H,3-4H2. The average molecular weight is 332 g/mol. The van der Waals surface area contributed by atoms with E-state index in [1.54, 1.807) is 29.1 Å². The first-order valence-electron chi connectivity index (χ1n) is 6.49. The molecule has 0 spiro atoms. The maximum atomic E-state index is 13.9. The van der Waals surface area contributed by atoms with Crippen LogP contribution >= 0.6 is 11.6 Å². The number of hydrogen-bond acceptors (Lipinski definition) is 5. The predicted octanol–water partition coefficient (Wildman–Crippen LogP) is 3.10. The van der Waals surface area contributed by atoms with E-state index in [2.05, 4.69) is 10.4 Å². The Morgan fingerprint density at radius 3 is 2.83 bits per heavy atom. The molecule has 1 aromatic heterocycles. The lowest BCUT2D eigenvalue weighted by Gasteiger charge is -2.09. The number of halogens is 2. The Morgan fingerprint density at radius 1 is 1.43 bits per heavy atom. The molecule has 6 nitrogen and oxygen atoms in total. The fraction of sp³-hybridized carbons (Fsp3) is 0.133. The molecule has 1 aromatic carbocycles. The highest BCUT2D eigenvalue weighted by Gasteiger charge is 2.05. The van der Waals surface area contributed by atoms with Crippen LogP contribution < -0.4 is 10.1 Å². The van der Waals surface area contributed by atoms with Crippen molar-refractivity contribution in [1.29, 1.82) is 10.5 Å². The largest absolute Gasteiger partial charge is 0.489 e. The third-order valence-electron chi connectivity index (χ3n) is 2.74. The van der Waals surface area contributed by atoms with Crippen LogP contribution in [0, 0.1) is 28.5 Å². The molecule has 0 saturated heterocycles. The number of allylic oxidation sites excluding steroid dienone is 1. The molecule has 1 N–H and O–H groups in total. The summed E-state index contributed by atoms with van der Waals surface area (Å²) in [4.78, 5) is 0. The van der Waals surface area contributed by atoms with Crippen LogP contribution in [0.3, 0.4) is 0 Å². The molecule has 8 heteroatoms. The van der Waals surface area contributed by atoms with E-state index in [4.69, 9.17) is 26.9 Å². The van der Waals surface area contributed by atoms with Crippen LogP contribution in [-0.2, 0) is 6.54 Å². The Labute approximate surface area is 137 Å². The zero-order chi connectivity index (χ0) is 16.7. The van der Waals surface area contributed by atoms with Crippen molar-refractivity contribution in [1.82, 2.24) is 9.78 Å². The van der Waals surface area contributed by atoms with Gasteiger partial charge >= 0.3 is 0 Å². The maximum absolute atomic E-state index is 13.9. The Balaban J connectivity index is 1.93. The summed E-state index contributed by atoms with van der Waals surface area (Å²) in [5.41, 5.74) is 0.292. The molecule has 23 heavy (non-hydrogen) atoms. The number of nitrogens with zero attached hydrogens (tertiary/aromatic N) is 4. The summed E-state index contributed by atoms with van der Waals surface area (Å²) in [7, 11) is 0. The van der Waals surface area contributed by atoms with Gasteiger partial charge in [0, 0.05) is 24.2 Å². The van der Waals surface area contributed by atoms with Gasteiger partial charge in [0.05, 0.1) is 17.8 Å². The molecule has 2 aromatic rings. The Hall–Kier alpha value is -3.03. The van der Waals surface area contributed by atoms with Crippen molar-refractivity contribution in [3.05, 3.63) is 53.2 Å². The molecule has 0 fully saturated rings. The van der Waals surface area contributed by atoms with Crippen LogP contribution in [0.25, 0.3) is 0 Å². The second kappa shape index (κ2) is 7.83. The molecule has 2 rings (SSSR count). The van der Waals surface area contributed by atoms with Crippen molar-refractivity contribution in [3.8, 4) is 17.9 Å². The number of hydrogen-bond donors (Lipinski definition) is 1. The normalized spacial score (nSPS) is 9.57. The second-order valence-corrected chi connectivity index (χ2v) is 4.78. The molecule has 116 valence electrons. The van der Waals surface area contributed by atoms with Crippen LogP contribution in [0.5, 0.6) is 5.75 Å². The lowest BCUT2D eigenvalue weighted by Crippen LogP contribution is -2.09. The van der Waals surface area contributed by atoms with Gasteiger partial charge in [-0.25, -0.2) is 4.39 Å².